The second kappa shape index (κ2) is 4.53. The average molecular weight is 222 g/mol. The van der Waals surface area contributed by atoms with Crippen molar-refractivity contribution in [3.05, 3.63) is 12.2 Å². The lowest BCUT2D eigenvalue weighted by Crippen LogP contribution is -2.36. The normalized spacial score (nSPS) is 17.4. The number of nitrogens with zero attached hydrogens (tertiary/aromatic N) is 3. The monoisotopic (exact) mass is 222 g/mol. The van der Waals surface area contributed by atoms with Crippen molar-refractivity contribution in [1.29, 1.82) is 0 Å². The first-order valence-electron chi connectivity index (χ1n) is 6.16. The summed E-state index contributed by atoms with van der Waals surface area (Å²) in [5.74, 6) is 1.89. The van der Waals surface area contributed by atoms with Gasteiger partial charge in [0.15, 0.2) is 0 Å². The van der Waals surface area contributed by atoms with Crippen LogP contribution >= 0.6 is 0 Å². The zero-order valence-corrected chi connectivity index (χ0v) is 10.5. The van der Waals surface area contributed by atoms with Gasteiger partial charge in [0.05, 0.1) is 6.54 Å². The molecule has 0 unspecified atom stereocenters. The summed E-state index contributed by atoms with van der Waals surface area (Å²) in [6, 6.07) is 0. The summed E-state index contributed by atoms with van der Waals surface area (Å²) in [6.45, 7) is 8.34. The number of nitrogens with one attached hydrogen (secondary N) is 1. The third-order valence-corrected chi connectivity index (χ3v) is 3.13. The van der Waals surface area contributed by atoms with E-state index in [4.69, 9.17) is 0 Å². The summed E-state index contributed by atoms with van der Waals surface area (Å²) in [5, 5.41) is 7.75. The molecule has 1 aliphatic rings. The molecule has 4 heteroatoms. The maximum atomic E-state index is 4.32. The van der Waals surface area contributed by atoms with E-state index < -0.39 is 0 Å². The van der Waals surface area contributed by atoms with Crippen LogP contribution in [0.1, 0.15) is 45.9 Å². The molecule has 4 nitrogen and oxygen atoms in total. The summed E-state index contributed by atoms with van der Waals surface area (Å²) < 4.78 is 2.06. The Balaban J connectivity index is 1.90. The van der Waals surface area contributed by atoms with Crippen molar-refractivity contribution in [2.75, 3.05) is 0 Å². The summed E-state index contributed by atoms with van der Waals surface area (Å²) in [6.07, 6.45) is 5.76. The SMILES string of the molecule is CC(C)(C)NCc1ncnn1CC1CCC1. The summed E-state index contributed by atoms with van der Waals surface area (Å²) in [4.78, 5) is 4.32. The van der Waals surface area contributed by atoms with E-state index in [0.717, 1.165) is 24.8 Å². The minimum Gasteiger partial charge on any atom is -0.305 e. The lowest BCUT2D eigenvalue weighted by Gasteiger charge is -2.26. The molecule has 1 saturated carbocycles. The van der Waals surface area contributed by atoms with Crippen molar-refractivity contribution in [2.24, 2.45) is 5.92 Å². The van der Waals surface area contributed by atoms with Gasteiger partial charge in [-0.2, -0.15) is 5.10 Å². The quantitative estimate of drug-likeness (QED) is 0.847. The summed E-state index contributed by atoms with van der Waals surface area (Å²) in [7, 11) is 0. The minimum atomic E-state index is 0.132. The molecular formula is C12H22N4. The van der Waals surface area contributed by atoms with Crippen LogP contribution in [0, 0.1) is 5.92 Å². The van der Waals surface area contributed by atoms with E-state index >= 15 is 0 Å². The first kappa shape index (κ1) is 11.6. The Kier molecular flexibility index (Phi) is 3.28. The maximum absolute atomic E-state index is 4.32. The van der Waals surface area contributed by atoms with Gasteiger partial charge in [0.25, 0.3) is 0 Å². The van der Waals surface area contributed by atoms with Gasteiger partial charge in [-0.3, -0.25) is 0 Å². The molecule has 1 N–H and O–H groups in total. The largest absolute Gasteiger partial charge is 0.305 e. The van der Waals surface area contributed by atoms with Crippen LogP contribution in [0.25, 0.3) is 0 Å². The molecule has 2 rings (SSSR count). The molecule has 0 saturated heterocycles. The molecule has 0 aliphatic heterocycles. The van der Waals surface area contributed by atoms with Gasteiger partial charge in [0, 0.05) is 12.1 Å². The Hall–Kier alpha value is -0.900. The van der Waals surface area contributed by atoms with Crippen LogP contribution in [-0.2, 0) is 13.1 Å². The van der Waals surface area contributed by atoms with Gasteiger partial charge in [-0.05, 0) is 39.5 Å². The first-order chi connectivity index (χ1) is 7.54. The molecule has 1 heterocycles. The van der Waals surface area contributed by atoms with Crippen molar-refractivity contribution in [3.8, 4) is 0 Å². The molecule has 0 spiro atoms. The van der Waals surface area contributed by atoms with Gasteiger partial charge in [-0.25, -0.2) is 9.67 Å². The van der Waals surface area contributed by atoms with Gasteiger partial charge in [-0.1, -0.05) is 6.42 Å². The molecule has 1 aliphatic carbocycles. The number of rotatable bonds is 4. The molecule has 16 heavy (non-hydrogen) atoms. The summed E-state index contributed by atoms with van der Waals surface area (Å²) >= 11 is 0. The van der Waals surface area contributed by atoms with Crippen molar-refractivity contribution in [3.63, 3.8) is 0 Å². The van der Waals surface area contributed by atoms with Crippen LogP contribution in [-0.4, -0.2) is 20.3 Å². The molecule has 0 radical (unpaired) electrons. The van der Waals surface area contributed by atoms with E-state index in [2.05, 4.69) is 40.9 Å². The van der Waals surface area contributed by atoms with Gasteiger partial charge < -0.3 is 5.32 Å². The predicted octanol–water partition coefficient (Wildman–Crippen LogP) is 1.97. The third kappa shape index (κ3) is 3.04. The highest BCUT2D eigenvalue weighted by molar-refractivity contribution is 4.87. The Morgan fingerprint density at radius 1 is 1.44 bits per heavy atom. The van der Waals surface area contributed by atoms with Crippen molar-refractivity contribution >= 4 is 0 Å². The fourth-order valence-electron chi connectivity index (χ4n) is 1.84. The zero-order chi connectivity index (χ0) is 11.6. The molecule has 1 aromatic heterocycles. The lowest BCUT2D eigenvalue weighted by atomic mass is 9.85. The van der Waals surface area contributed by atoms with Crippen LogP contribution in [0.3, 0.4) is 0 Å². The smallest absolute Gasteiger partial charge is 0.140 e. The van der Waals surface area contributed by atoms with Gasteiger partial charge >= 0.3 is 0 Å². The number of hydrogen-bond donors (Lipinski definition) is 1. The Bertz CT molecular complexity index is 333. The van der Waals surface area contributed by atoms with Gasteiger partial charge in [0.2, 0.25) is 0 Å². The second-order valence-corrected chi connectivity index (χ2v) is 5.76. The lowest BCUT2D eigenvalue weighted by molar-refractivity contribution is 0.260. The van der Waals surface area contributed by atoms with E-state index in [9.17, 15) is 0 Å². The number of hydrogen-bond acceptors (Lipinski definition) is 3. The maximum Gasteiger partial charge on any atom is 0.140 e. The predicted molar refractivity (Wildman–Crippen MR) is 64.0 cm³/mol. The van der Waals surface area contributed by atoms with Crippen LogP contribution < -0.4 is 5.32 Å². The highest BCUT2D eigenvalue weighted by Gasteiger charge is 2.20. The third-order valence-electron chi connectivity index (χ3n) is 3.13. The molecule has 90 valence electrons. The highest BCUT2D eigenvalue weighted by Crippen LogP contribution is 2.27. The Labute approximate surface area is 97.5 Å². The van der Waals surface area contributed by atoms with E-state index in [0.29, 0.717) is 0 Å². The van der Waals surface area contributed by atoms with Gasteiger partial charge in [-0.15, -0.1) is 0 Å². The fraction of sp³-hybridized carbons (Fsp3) is 0.833. The van der Waals surface area contributed by atoms with E-state index in [1.54, 1.807) is 6.33 Å². The molecular weight excluding hydrogens is 200 g/mol. The zero-order valence-electron chi connectivity index (χ0n) is 10.5. The first-order valence-corrected chi connectivity index (χ1v) is 6.16. The van der Waals surface area contributed by atoms with Crippen LogP contribution in [0.2, 0.25) is 0 Å². The Morgan fingerprint density at radius 3 is 2.75 bits per heavy atom. The van der Waals surface area contributed by atoms with Crippen molar-refractivity contribution in [2.45, 2.75) is 58.7 Å². The molecule has 0 bridgehead atoms. The van der Waals surface area contributed by atoms with Gasteiger partial charge in [0.1, 0.15) is 12.2 Å². The van der Waals surface area contributed by atoms with Crippen molar-refractivity contribution in [1.82, 2.24) is 20.1 Å². The fourth-order valence-corrected chi connectivity index (χ4v) is 1.84. The summed E-state index contributed by atoms with van der Waals surface area (Å²) in [5.41, 5.74) is 0.132. The molecule has 0 amide bonds. The molecule has 0 atom stereocenters. The average Bonchev–Trinajstić information content (AvgIpc) is 2.54. The molecule has 1 fully saturated rings. The molecule has 1 aromatic rings. The Morgan fingerprint density at radius 2 is 2.19 bits per heavy atom. The highest BCUT2D eigenvalue weighted by atomic mass is 15.3. The van der Waals surface area contributed by atoms with Crippen LogP contribution in [0.15, 0.2) is 6.33 Å². The van der Waals surface area contributed by atoms with E-state index in [1.165, 1.54) is 19.3 Å². The molecule has 0 aromatic carbocycles. The van der Waals surface area contributed by atoms with E-state index in [-0.39, 0.29) is 5.54 Å². The standard InChI is InChI=1S/C12H22N4/c1-12(2,3)14-7-11-13-9-15-16(11)8-10-5-4-6-10/h9-10,14H,4-8H2,1-3H3. The van der Waals surface area contributed by atoms with Crippen LogP contribution in [0.4, 0.5) is 0 Å². The topological polar surface area (TPSA) is 42.7 Å². The van der Waals surface area contributed by atoms with E-state index in [1.807, 2.05) is 0 Å². The number of aromatic nitrogens is 3. The van der Waals surface area contributed by atoms with Crippen molar-refractivity contribution < 1.29 is 0 Å². The van der Waals surface area contributed by atoms with Crippen LogP contribution in [0.5, 0.6) is 0 Å². The minimum absolute atomic E-state index is 0.132. The second-order valence-electron chi connectivity index (χ2n) is 5.76.